The van der Waals surface area contributed by atoms with E-state index in [0.29, 0.717) is 13.0 Å². The van der Waals surface area contributed by atoms with Gasteiger partial charge in [-0.15, -0.1) is 0 Å². The van der Waals surface area contributed by atoms with Gasteiger partial charge in [0.2, 0.25) is 0 Å². The number of aliphatic carboxylic acids is 1. The number of benzene rings is 1. The minimum atomic E-state index is -0.946. The van der Waals surface area contributed by atoms with E-state index in [4.69, 9.17) is 9.84 Å². The molecule has 2 N–H and O–H groups in total. The fourth-order valence-corrected chi connectivity index (χ4v) is 2.68. The normalized spacial score (nSPS) is 28.1. The van der Waals surface area contributed by atoms with Gasteiger partial charge in [0, 0.05) is 18.2 Å². The van der Waals surface area contributed by atoms with Crippen molar-refractivity contribution in [2.24, 2.45) is 5.92 Å². The number of carboxylic acids is 1. The summed E-state index contributed by atoms with van der Waals surface area (Å²) in [4.78, 5) is 13.0. The van der Waals surface area contributed by atoms with Crippen LogP contribution in [0.25, 0.3) is 0 Å². The number of piperidine rings is 1. The predicted molar refractivity (Wildman–Crippen MR) is 70.1 cm³/mol. The molecule has 0 radical (unpaired) electrons. The van der Waals surface area contributed by atoms with Crippen LogP contribution in [-0.4, -0.2) is 47.9 Å². The minimum absolute atomic E-state index is 0.0262. The Kier molecular flexibility index (Phi) is 4.07. The first-order valence-electron chi connectivity index (χ1n) is 6.28. The highest BCUT2D eigenvalue weighted by Gasteiger charge is 2.38. The maximum absolute atomic E-state index is 11.1. The van der Waals surface area contributed by atoms with Crippen molar-refractivity contribution in [3.05, 3.63) is 29.8 Å². The number of nitrogens with zero attached hydrogens (tertiary/aromatic N) is 1. The zero-order valence-corrected chi connectivity index (χ0v) is 11.1. The Hall–Kier alpha value is -1.59. The van der Waals surface area contributed by atoms with Crippen molar-refractivity contribution in [1.82, 2.24) is 4.90 Å². The van der Waals surface area contributed by atoms with Crippen LogP contribution in [0, 0.1) is 5.92 Å². The molecule has 0 spiro atoms. The first kappa shape index (κ1) is 13.8. The number of aliphatic hydroxyl groups is 1. The summed E-state index contributed by atoms with van der Waals surface area (Å²) in [7, 11) is 3.48. The van der Waals surface area contributed by atoms with E-state index in [-0.39, 0.29) is 6.04 Å². The van der Waals surface area contributed by atoms with E-state index in [1.165, 1.54) is 0 Å². The summed E-state index contributed by atoms with van der Waals surface area (Å²) in [6.07, 6.45) is -0.433. The van der Waals surface area contributed by atoms with Crippen LogP contribution < -0.4 is 4.74 Å². The number of likely N-dealkylation sites (tertiary alicyclic amines) is 1. The Labute approximate surface area is 112 Å². The van der Waals surface area contributed by atoms with Crippen LogP contribution in [0.3, 0.4) is 0 Å². The van der Waals surface area contributed by atoms with E-state index in [1.807, 2.05) is 36.2 Å². The van der Waals surface area contributed by atoms with E-state index in [0.717, 1.165) is 11.3 Å². The van der Waals surface area contributed by atoms with Crippen LogP contribution in [-0.2, 0) is 4.79 Å². The topological polar surface area (TPSA) is 70.0 Å². The molecule has 1 aromatic rings. The molecule has 19 heavy (non-hydrogen) atoms. The highest BCUT2D eigenvalue weighted by Crippen LogP contribution is 2.36. The number of para-hydroxylation sites is 1. The van der Waals surface area contributed by atoms with Gasteiger partial charge in [-0.25, -0.2) is 0 Å². The summed E-state index contributed by atoms with van der Waals surface area (Å²) >= 11 is 0. The van der Waals surface area contributed by atoms with E-state index in [9.17, 15) is 9.90 Å². The smallest absolute Gasteiger partial charge is 0.310 e. The molecule has 0 saturated carbocycles. The highest BCUT2D eigenvalue weighted by molar-refractivity contribution is 5.71. The largest absolute Gasteiger partial charge is 0.496 e. The van der Waals surface area contributed by atoms with Crippen molar-refractivity contribution in [1.29, 1.82) is 0 Å². The first-order chi connectivity index (χ1) is 9.04. The molecule has 1 heterocycles. The fourth-order valence-electron chi connectivity index (χ4n) is 2.68. The summed E-state index contributed by atoms with van der Waals surface area (Å²) < 4.78 is 5.33. The summed E-state index contributed by atoms with van der Waals surface area (Å²) in [6, 6.07) is 7.61. The number of rotatable bonds is 3. The standard InChI is InChI=1S/C14H19NO4/c1-15-8-10(14(17)18)12(16)7-11(15)9-5-3-4-6-13(9)19-2/h3-6,10-12,16H,7-8H2,1-2H3,(H,17,18). The van der Waals surface area contributed by atoms with E-state index < -0.39 is 18.0 Å². The van der Waals surface area contributed by atoms with Crippen LogP contribution in [0.15, 0.2) is 24.3 Å². The Morgan fingerprint density at radius 2 is 2.11 bits per heavy atom. The maximum Gasteiger partial charge on any atom is 0.310 e. The van der Waals surface area contributed by atoms with Crippen LogP contribution in [0.4, 0.5) is 0 Å². The highest BCUT2D eigenvalue weighted by atomic mass is 16.5. The molecule has 5 heteroatoms. The molecule has 1 saturated heterocycles. The third-order valence-electron chi connectivity index (χ3n) is 3.76. The van der Waals surface area contributed by atoms with Crippen molar-refractivity contribution >= 4 is 5.97 Å². The molecule has 0 bridgehead atoms. The second kappa shape index (κ2) is 5.59. The average Bonchev–Trinajstić information content (AvgIpc) is 2.40. The lowest BCUT2D eigenvalue weighted by atomic mass is 9.86. The molecule has 0 aromatic heterocycles. The third kappa shape index (κ3) is 2.72. The van der Waals surface area contributed by atoms with E-state index in [2.05, 4.69) is 0 Å². The molecular weight excluding hydrogens is 246 g/mol. The SMILES string of the molecule is COc1ccccc1C1CC(O)C(C(=O)O)CN1C. The third-order valence-corrected chi connectivity index (χ3v) is 3.76. The number of carbonyl (C=O) groups is 1. The Morgan fingerprint density at radius 1 is 1.42 bits per heavy atom. The van der Waals surface area contributed by atoms with Crippen molar-refractivity contribution < 1.29 is 19.7 Å². The van der Waals surface area contributed by atoms with E-state index in [1.54, 1.807) is 7.11 Å². The van der Waals surface area contributed by atoms with Gasteiger partial charge in [0.1, 0.15) is 5.75 Å². The molecule has 3 unspecified atom stereocenters. The molecule has 1 aromatic carbocycles. The second-order valence-corrected chi connectivity index (χ2v) is 4.95. The number of ether oxygens (including phenoxy) is 1. The molecule has 0 amide bonds. The zero-order valence-electron chi connectivity index (χ0n) is 11.1. The molecular formula is C14H19NO4. The summed E-state index contributed by atoms with van der Waals surface area (Å²) in [5, 5.41) is 19.1. The molecule has 1 aliphatic rings. The first-order valence-corrected chi connectivity index (χ1v) is 6.28. The monoisotopic (exact) mass is 265 g/mol. The second-order valence-electron chi connectivity index (χ2n) is 4.95. The summed E-state index contributed by atoms with van der Waals surface area (Å²) in [5.74, 6) is -0.908. The van der Waals surface area contributed by atoms with Gasteiger partial charge in [-0.3, -0.25) is 9.69 Å². The quantitative estimate of drug-likeness (QED) is 0.857. The van der Waals surface area contributed by atoms with Gasteiger partial charge in [0.15, 0.2) is 0 Å². The fraction of sp³-hybridized carbons (Fsp3) is 0.500. The lowest BCUT2D eigenvalue weighted by molar-refractivity contribution is -0.150. The number of aliphatic hydroxyl groups excluding tert-OH is 1. The number of methoxy groups -OCH3 is 1. The Balaban J connectivity index is 2.24. The molecule has 2 rings (SSSR count). The Bertz CT molecular complexity index is 463. The van der Waals surface area contributed by atoms with Crippen molar-refractivity contribution in [3.63, 3.8) is 0 Å². The van der Waals surface area contributed by atoms with Gasteiger partial charge in [-0.1, -0.05) is 18.2 Å². The average molecular weight is 265 g/mol. The van der Waals surface area contributed by atoms with Gasteiger partial charge in [0.25, 0.3) is 0 Å². The van der Waals surface area contributed by atoms with Gasteiger partial charge in [0.05, 0.1) is 19.1 Å². The molecule has 1 aliphatic heterocycles. The van der Waals surface area contributed by atoms with Crippen LogP contribution in [0.1, 0.15) is 18.0 Å². The van der Waals surface area contributed by atoms with Gasteiger partial charge < -0.3 is 14.9 Å². The van der Waals surface area contributed by atoms with Crippen molar-refractivity contribution in [3.8, 4) is 5.75 Å². The predicted octanol–water partition coefficient (Wildman–Crippen LogP) is 1.13. The molecule has 1 fully saturated rings. The van der Waals surface area contributed by atoms with Gasteiger partial charge >= 0.3 is 5.97 Å². The lowest BCUT2D eigenvalue weighted by Gasteiger charge is -2.39. The molecule has 0 aliphatic carbocycles. The van der Waals surface area contributed by atoms with E-state index >= 15 is 0 Å². The number of carboxylic acid groups (broad SMARTS) is 1. The number of hydrogen-bond donors (Lipinski definition) is 2. The minimum Gasteiger partial charge on any atom is -0.496 e. The van der Waals surface area contributed by atoms with Crippen LogP contribution in [0.5, 0.6) is 5.75 Å². The van der Waals surface area contributed by atoms with Crippen LogP contribution >= 0.6 is 0 Å². The van der Waals surface area contributed by atoms with Crippen molar-refractivity contribution in [2.75, 3.05) is 20.7 Å². The number of hydrogen-bond acceptors (Lipinski definition) is 4. The summed E-state index contributed by atoms with van der Waals surface area (Å²) in [6.45, 7) is 0.333. The maximum atomic E-state index is 11.1. The summed E-state index contributed by atoms with van der Waals surface area (Å²) in [5.41, 5.74) is 0.982. The molecule has 5 nitrogen and oxygen atoms in total. The van der Waals surface area contributed by atoms with Gasteiger partial charge in [-0.05, 0) is 19.5 Å². The molecule has 3 atom stereocenters. The van der Waals surface area contributed by atoms with Gasteiger partial charge in [-0.2, -0.15) is 0 Å². The van der Waals surface area contributed by atoms with Crippen molar-refractivity contribution in [2.45, 2.75) is 18.6 Å². The Morgan fingerprint density at radius 3 is 2.74 bits per heavy atom. The van der Waals surface area contributed by atoms with Crippen LogP contribution in [0.2, 0.25) is 0 Å². The zero-order chi connectivity index (χ0) is 14.0. The molecule has 104 valence electrons. The lowest BCUT2D eigenvalue weighted by Crippen LogP contribution is -2.46.